The number of hydrogen-bond donors (Lipinski definition) is 0. The molecule has 0 bridgehead atoms. The minimum Gasteiger partial charge on any atom is -0.456 e. The Hall–Kier alpha value is -1.47. The summed E-state index contributed by atoms with van der Waals surface area (Å²) >= 11 is 6.01. The fourth-order valence-corrected chi connectivity index (χ4v) is 1.48. The lowest BCUT2D eigenvalue weighted by atomic mass is 10.2. The third-order valence-corrected chi connectivity index (χ3v) is 2.26. The van der Waals surface area contributed by atoms with E-state index in [2.05, 4.69) is 6.92 Å². The van der Waals surface area contributed by atoms with Gasteiger partial charge in [0.1, 0.15) is 11.5 Å². The molecule has 2 aromatic rings. The summed E-state index contributed by atoms with van der Waals surface area (Å²) in [7, 11) is 0. The zero-order valence-corrected chi connectivity index (χ0v) is 8.87. The predicted molar refractivity (Wildman–Crippen MR) is 62.4 cm³/mol. The van der Waals surface area contributed by atoms with E-state index in [1.54, 1.807) is 6.07 Å². The van der Waals surface area contributed by atoms with Crippen LogP contribution in [0.25, 0.3) is 0 Å². The monoisotopic (exact) mass is 217 g/mol. The van der Waals surface area contributed by atoms with Crippen LogP contribution in [0.4, 0.5) is 0 Å². The number of hydrogen-bond acceptors (Lipinski definition) is 1. The van der Waals surface area contributed by atoms with E-state index in [-0.39, 0.29) is 0 Å². The van der Waals surface area contributed by atoms with Crippen molar-refractivity contribution >= 4 is 11.6 Å². The SMILES string of the molecule is [CH2]c1ccc(Oc2ccccc2)c(Cl)c1. The van der Waals surface area contributed by atoms with Gasteiger partial charge in [0, 0.05) is 0 Å². The maximum atomic E-state index is 6.01. The van der Waals surface area contributed by atoms with Crippen molar-refractivity contribution in [1.29, 1.82) is 0 Å². The molecule has 0 aromatic heterocycles. The summed E-state index contributed by atoms with van der Waals surface area (Å²) in [6.07, 6.45) is 0. The summed E-state index contributed by atoms with van der Waals surface area (Å²) in [5, 5.41) is 0.575. The number of para-hydroxylation sites is 1. The Kier molecular flexibility index (Phi) is 2.93. The molecule has 1 nitrogen and oxygen atoms in total. The van der Waals surface area contributed by atoms with E-state index in [1.807, 2.05) is 42.5 Å². The normalized spacial score (nSPS) is 10.0. The molecule has 75 valence electrons. The Labute approximate surface area is 94.3 Å². The van der Waals surface area contributed by atoms with Gasteiger partial charge in [0.2, 0.25) is 0 Å². The van der Waals surface area contributed by atoms with Crippen LogP contribution in [0, 0.1) is 6.92 Å². The Morgan fingerprint density at radius 1 is 1.00 bits per heavy atom. The average Bonchev–Trinajstić information content (AvgIpc) is 2.24. The predicted octanol–water partition coefficient (Wildman–Crippen LogP) is 4.31. The van der Waals surface area contributed by atoms with Crippen LogP contribution in [-0.4, -0.2) is 0 Å². The first-order chi connectivity index (χ1) is 7.25. The molecule has 0 amide bonds. The Balaban J connectivity index is 2.25. The molecule has 15 heavy (non-hydrogen) atoms. The first-order valence-corrected chi connectivity index (χ1v) is 4.98. The van der Waals surface area contributed by atoms with E-state index >= 15 is 0 Å². The molecule has 0 fully saturated rings. The quantitative estimate of drug-likeness (QED) is 0.728. The van der Waals surface area contributed by atoms with Crippen molar-refractivity contribution in [1.82, 2.24) is 0 Å². The minimum atomic E-state index is 0.575. The maximum absolute atomic E-state index is 6.01. The third kappa shape index (κ3) is 2.51. The molecular formula is C13H10ClO. The molecule has 0 spiro atoms. The molecule has 0 N–H and O–H groups in total. The standard InChI is InChI=1S/C13H10ClO/c1-10-7-8-13(12(14)9-10)15-11-5-3-2-4-6-11/h2-9H,1H2. The smallest absolute Gasteiger partial charge is 0.146 e. The fraction of sp³-hybridized carbons (Fsp3) is 0. The highest BCUT2D eigenvalue weighted by atomic mass is 35.5. The van der Waals surface area contributed by atoms with Gasteiger partial charge in [-0.2, -0.15) is 0 Å². The third-order valence-electron chi connectivity index (χ3n) is 1.97. The molecule has 0 aliphatic heterocycles. The van der Waals surface area contributed by atoms with Crippen molar-refractivity contribution in [2.75, 3.05) is 0 Å². The zero-order valence-electron chi connectivity index (χ0n) is 8.11. The molecule has 0 atom stereocenters. The Morgan fingerprint density at radius 3 is 2.40 bits per heavy atom. The summed E-state index contributed by atoms with van der Waals surface area (Å²) in [4.78, 5) is 0. The molecule has 2 heteroatoms. The van der Waals surface area contributed by atoms with Gasteiger partial charge >= 0.3 is 0 Å². The fourth-order valence-electron chi connectivity index (χ4n) is 1.24. The minimum absolute atomic E-state index is 0.575. The van der Waals surface area contributed by atoms with Crippen molar-refractivity contribution in [3.63, 3.8) is 0 Å². The number of ether oxygens (including phenoxy) is 1. The van der Waals surface area contributed by atoms with Crippen LogP contribution in [0.5, 0.6) is 11.5 Å². The van der Waals surface area contributed by atoms with Gasteiger partial charge in [0.25, 0.3) is 0 Å². The summed E-state index contributed by atoms with van der Waals surface area (Å²) in [5.74, 6) is 1.42. The van der Waals surface area contributed by atoms with Crippen molar-refractivity contribution < 1.29 is 4.74 Å². The van der Waals surface area contributed by atoms with Gasteiger partial charge in [-0.15, -0.1) is 0 Å². The van der Waals surface area contributed by atoms with Crippen LogP contribution in [0.3, 0.4) is 0 Å². The van der Waals surface area contributed by atoms with Crippen molar-refractivity contribution in [2.24, 2.45) is 0 Å². The largest absolute Gasteiger partial charge is 0.456 e. The molecule has 0 aliphatic rings. The van der Waals surface area contributed by atoms with Crippen molar-refractivity contribution in [3.05, 3.63) is 66.0 Å². The molecule has 2 rings (SSSR count). The molecule has 0 saturated carbocycles. The van der Waals surface area contributed by atoms with Crippen LogP contribution in [0.1, 0.15) is 5.56 Å². The second-order valence-corrected chi connectivity index (χ2v) is 3.59. The van der Waals surface area contributed by atoms with Gasteiger partial charge in [-0.25, -0.2) is 0 Å². The second kappa shape index (κ2) is 4.37. The number of benzene rings is 2. The first-order valence-electron chi connectivity index (χ1n) is 4.60. The van der Waals surface area contributed by atoms with E-state index in [9.17, 15) is 0 Å². The van der Waals surface area contributed by atoms with Gasteiger partial charge < -0.3 is 4.74 Å². The molecular weight excluding hydrogens is 208 g/mol. The van der Waals surface area contributed by atoms with E-state index < -0.39 is 0 Å². The van der Waals surface area contributed by atoms with Crippen LogP contribution in [0.15, 0.2) is 48.5 Å². The van der Waals surface area contributed by atoms with E-state index in [1.165, 1.54) is 0 Å². The molecule has 0 saturated heterocycles. The number of rotatable bonds is 2. The Bertz CT molecular complexity index is 451. The highest BCUT2D eigenvalue weighted by Crippen LogP contribution is 2.29. The van der Waals surface area contributed by atoms with Crippen LogP contribution in [-0.2, 0) is 0 Å². The topological polar surface area (TPSA) is 9.23 Å². The lowest BCUT2D eigenvalue weighted by molar-refractivity contribution is 0.483. The van der Waals surface area contributed by atoms with Gasteiger partial charge in [0.15, 0.2) is 0 Å². The second-order valence-electron chi connectivity index (χ2n) is 3.18. The number of halogens is 1. The molecule has 0 heterocycles. The van der Waals surface area contributed by atoms with E-state index in [0.717, 1.165) is 11.3 Å². The molecule has 0 unspecified atom stereocenters. The van der Waals surface area contributed by atoms with Gasteiger partial charge in [-0.3, -0.25) is 0 Å². The Morgan fingerprint density at radius 2 is 1.73 bits per heavy atom. The van der Waals surface area contributed by atoms with Crippen LogP contribution >= 0.6 is 11.6 Å². The summed E-state index contributed by atoms with van der Waals surface area (Å²) in [6, 6.07) is 15.0. The summed E-state index contributed by atoms with van der Waals surface area (Å²) < 4.78 is 5.60. The zero-order chi connectivity index (χ0) is 10.7. The van der Waals surface area contributed by atoms with Crippen molar-refractivity contribution in [3.8, 4) is 11.5 Å². The molecule has 1 radical (unpaired) electrons. The van der Waals surface area contributed by atoms with Crippen LogP contribution < -0.4 is 4.74 Å². The van der Waals surface area contributed by atoms with Crippen molar-refractivity contribution in [2.45, 2.75) is 0 Å². The molecule has 0 aliphatic carbocycles. The molecule has 2 aromatic carbocycles. The summed E-state index contributed by atoms with van der Waals surface area (Å²) in [6.45, 7) is 3.79. The summed E-state index contributed by atoms with van der Waals surface area (Å²) in [5.41, 5.74) is 0.875. The lowest BCUT2D eigenvalue weighted by Crippen LogP contribution is -1.85. The van der Waals surface area contributed by atoms with E-state index in [4.69, 9.17) is 16.3 Å². The average molecular weight is 218 g/mol. The van der Waals surface area contributed by atoms with Gasteiger partial charge in [-0.1, -0.05) is 35.9 Å². The highest BCUT2D eigenvalue weighted by Gasteiger charge is 2.02. The van der Waals surface area contributed by atoms with Gasteiger partial charge in [-0.05, 0) is 36.8 Å². The maximum Gasteiger partial charge on any atom is 0.146 e. The lowest BCUT2D eigenvalue weighted by Gasteiger charge is -2.07. The highest BCUT2D eigenvalue weighted by molar-refractivity contribution is 6.32. The van der Waals surface area contributed by atoms with Crippen LogP contribution in [0.2, 0.25) is 5.02 Å². The van der Waals surface area contributed by atoms with Gasteiger partial charge in [0.05, 0.1) is 5.02 Å². The first kappa shape index (κ1) is 10.1. The van der Waals surface area contributed by atoms with E-state index in [0.29, 0.717) is 10.8 Å².